The number of carbonyl (C=O) groups is 1. The normalized spacial score (nSPS) is 21.7. The van der Waals surface area contributed by atoms with Crippen molar-refractivity contribution in [2.24, 2.45) is 0 Å². The molecule has 3 rings (SSSR count). The van der Waals surface area contributed by atoms with Gasteiger partial charge < -0.3 is 19.9 Å². The van der Waals surface area contributed by atoms with Crippen LogP contribution in [0.25, 0.3) is 0 Å². The third-order valence-electron chi connectivity index (χ3n) is 4.71. The van der Waals surface area contributed by atoms with Crippen LogP contribution in [0.5, 0.6) is 0 Å². The van der Waals surface area contributed by atoms with Crippen LogP contribution in [-0.2, 0) is 14.8 Å². The summed E-state index contributed by atoms with van der Waals surface area (Å²) in [5.74, 6) is 0.544. The molecule has 10 nitrogen and oxygen atoms in total. The van der Waals surface area contributed by atoms with Crippen LogP contribution in [0, 0.1) is 0 Å². The molecule has 2 saturated heterocycles. The first-order valence-electron chi connectivity index (χ1n) is 9.00. The maximum Gasteiger partial charge on any atom is 0.321 e. The van der Waals surface area contributed by atoms with Crippen molar-refractivity contribution in [3.63, 3.8) is 0 Å². The van der Waals surface area contributed by atoms with Gasteiger partial charge in [0, 0.05) is 40.3 Å². The second-order valence-electron chi connectivity index (χ2n) is 6.86. The predicted molar refractivity (Wildman–Crippen MR) is 101 cm³/mol. The number of anilines is 2. The Balaban J connectivity index is 1.62. The SMILES string of the molecule is CN(C)c1ncc(NC(=O)N2CCC[C@@H](S(=O)(=O)N3CCOCC3)C2)cn1. The van der Waals surface area contributed by atoms with Gasteiger partial charge >= 0.3 is 6.03 Å². The predicted octanol–water partition coefficient (Wildman–Crippen LogP) is 0.201. The first-order valence-corrected chi connectivity index (χ1v) is 10.5. The van der Waals surface area contributed by atoms with Crippen LogP contribution in [0.2, 0.25) is 0 Å². The second-order valence-corrected chi connectivity index (χ2v) is 9.08. The van der Waals surface area contributed by atoms with Crippen molar-refractivity contribution in [2.45, 2.75) is 18.1 Å². The lowest BCUT2D eigenvalue weighted by molar-refractivity contribution is 0.0721. The van der Waals surface area contributed by atoms with Crippen molar-refractivity contribution in [1.29, 1.82) is 0 Å². The maximum atomic E-state index is 12.9. The summed E-state index contributed by atoms with van der Waals surface area (Å²) in [6.07, 6.45) is 4.28. The van der Waals surface area contributed by atoms with Crippen molar-refractivity contribution >= 4 is 27.7 Å². The van der Waals surface area contributed by atoms with E-state index in [1.807, 2.05) is 14.1 Å². The van der Waals surface area contributed by atoms with E-state index in [9.17, 15) is 13.2 Å². The minimum absolute atomic E-state index is 0.183. The van der Waals surface area contributed by atoms with Crippen molar-refractivity contribution < 1.29 is 17.9 Å². The molecule has 0 radical (unpaired) electrons. The molecule has 2 aliphatic rings. The van der Waals surface area contributed by atoms with E-state index >= 15 is 0 Å². The van der Waals surface area contributed by atoms with E-state index in [0.717, 1.165) is 0 Å². The zero-order valence-corrected chi connectivity index (χ0v) is 16.5. The minimum Gasteiger partial charge on any atom is -0.379 e. The summed E-state index contributed by atoms with van der Waals surface area (Å²) in [4.78, 5) is 24.2. The molecule has 1 atom stereocenters. The van der Waals surface area contributed by atoms with Crippen molar-refractivity contribution in [3.8, 4) is 0 Å². The standard InChI is InChI=1S/C16H26N6O4S/c1-20(2)15-17-10-13(11-18-15)19-16(23)21-5-3-4-14(12-21)27(24,25)22-6-8-26-9-7-22/h10-11,14H,3-9,12H2,1-2H3,(H,19,23)/t14-/m1/s1. The molecule has 2 amide bonds. The van der Waals surface area contributed by atoms with Gasteiger partial charge in [0.05, 0.1) is 36.5 Å². The van der Waals surface area contributed by atoms with E-state index in [1.165, 1.54) is 16.7 Å². The fraction of sp³-hybridized carbons (Fsp3) is 0.688. The summed E-state index contributed by atoms with van der Waals surface area (Å²) in [5, 5.41) is 2.16. The lowest BCUT2D eigenvalue weighted by atomic mass is 10.1. The summed E-state index contributed by atoms with van der Waals surface area (Å²) in [6, 6.07) is -0.335. The molecule has 0 spiro atoms. The first-order chi connectivity index (χ1) is 12.9. The van der Waals surface area contributed by atoms with Gasteiger partial charge in [0.1, 0.15) is 0 Å². The topological polar surface area (TPSA) is 108 Å². The van der Waals surface area contributed by atoms with Gasteiger partial charge in [-0.15, -0.1) is 0 Å². The highest BCUT2D eigenvalue weighted by Gasteiger charge is 2.37. The maximum absolute atomic E-state index is 12.9. The molecule has 0 aromatic carbocycles. The van der Waals surface area contributed by atoms with Crippen LogP contribution < -0.4 is 10.2 Å². The molecule has 3 heterocycles. The number of amides is 2. The summed E-state index contributed by atoms with van der Waals surface area (Å²) in [6.45, 7) is 2.29. The highest BCUT2D eigenvalue weighted by atomic mass is 32.2. The summed E-state index contributed by atoms with van der Waals surface area (Å²) >= 11 is 0. The highest BCUT2D eigenvalue weighted by Crippen LogP contribution is 2.22. The van der Waals surface area contributed by atoms with E-state index in [1.54, 1.807) is 9.80 Å². The number of piperidine rings is 1. The molecule has 150 valence electrons. The molecular weight excluding hydrogens is 372 g/mol. The van der Waals surface area contributed by atoms with Crippen LogP contribution >= 0.6 is 0 Å². The fourth-order valence-electron chi connectivity index (χ4n) is 3.20. The molecule has 2 fully saturated rings. The minimum atomic E-state index is -3.44. The Kier molecular flexibility index (Phi) is 6.12. The summed E-state index contributed by atoms with van der Waals surface area (Å²) in [7, 11) is 0.221. The van der Waals surface area contributed by atoms with Gasteiger partial charge in [-0.1, -0.05) is 0 Å². The number of nitrogens with one attached hydrogen (secondary N) is 1. The number of ether oxygens (including phenoxy) is 1. The number of nitrogens with zero attached hydrogens (tertiary/aromatic N) is 5. The molecule has 0 bridgehead atoms. The molecule has 11 heteroatoms. The number of carbonyl (C=O) groups excluding carboxylic acids is 1. The van der Waals surface area contributed by atoms with E-state index in [-0.39, 0.29) is 12.6 Å². The van der Waals surface area contributed by atoms with Crippen LogP contribution in [0.1, 0.15) is 12.8 Å². The number of hydrogen-bond acceptors (Lipinski definition) is 7. The number of likely N-dealkylation sites (tertiary alicyclic amines) is 1. The Morgan fingerprint density at radius 3 is 2.52 bits per heavy atom. The van der Waals surface area contributed by atoms with Crippen LogP contribution in [0.15, 0.2) is 12.4 Å². The molecule has 0 unspecified atom stereocenters. The average Bonchev–Trinajstić information content (AvgIpc) is 2.69. The van der Waals surface area contributed by atoms with Crippen molar-refractivity contribution in [2.75, 3.05) is 63.7 Å². The first kappa shape index (κ1) is 19.8. The van der Waals surface area contributed by atoms with Crippen LogP contribution in [0.3, 0.4) is 0 Å². The molecule has 1 N–H and O–H groups in total. The number of urea groups is 1. The van der Waals surface area contributed by atoms with E-state index < -0.39 is 15.3 Å². The Morgan fingerprint density at radius 1 is 1.22 bits per heavy atom. The van der Waals surface area contributed by atoms with Gasteiger partial charge in [0.2, 0.25) is 16.0 Å². The van der Waals surface area contributed by atoms with E-state index in [0.29, 0.717) is 57.3 Å². The second kappa shape index (κ2) is 8.36. The lowest BCUT2D eigenvalue weighted by Crippen LogP contribution is -2.52. The van der Waals surface area contributed by atoms with Gasteiger partial charge in [-0.3, -0.25) is 0 Å². The molecule has 1 aromatic rings. The van der Waals surface area contributed by atoms with Crippen molar-refractivity contribution in [3.05, 3.63) is 12.4 Å². The van der Waals surface area contributed by atoms with Gasteiger partial charge in [0.25, 0.3) is 0 Å². The van der Waals surface area contributed by atoms with E-state index in [4.69, 9.17) is 4.74 Å². The molecule has 27 heavy (non-hydrogen) atoms. The molecule has 0 saturated carbocycles. The Bertz CT molecular complexity index is 749. The zero-order chi connectivity index (χ0) is 19.4. The number of aromatic nitrogens is 2. The lowest BCUT2D eigenvalue weighted by Gasteiger charge is -2.36. The third-order valence-corrected chi connectivity index (χ3v) is 7.02. The molecular formula is C16H26N6O4S. The Hall–Kier alpha value is -1.98. The summed E-state index contributed by atoms with van der Waals surface area (Å²) < 4.78 is 32.4. The largest absolute Gasteiger partial charge is 0.379 e. The average molecular weight is 398 g/mol. The number of morpholine rings is 1. The van der Waals surface area contributed by atoms with Crippen LogP contribution in [0.4, 0.5) is 16.4 Å². The molecule has 0 aliphatic carbocycles. The van der Waals surface area contributed by atoms with Gasteiger partial charge in [-0.2, -0.15) is 4.31 Å². The van der Waals surface area contributed by atoms with Gasteiger partial charge in [0.15, 0.2) is 0 Å². The van der Waals surface area contributed by atoms with Crippen LogP contribution in [-0.4, -0.2) is 92.4 Å². The molecule has 1 aromatic heterocycles. The van der Waals surface area contributed by atoms with E-state index in [2.05, 4.69) is 15.3 Å². The fourth-order valence-corrected chi connectivity index (χ4v) is 5.11. The zero-order valence-electron chi connectivity index (χ0n) is 15.7. The number of sulfonamides is 1. The monoisotopic (exact) mass is 398 g/mol. The van der Waals surface area contributed by atoms with Gasteiger partial charge in [-0.25, -0.2) is 23.2 Å². The highest BCUT2D eigenvalue weighted by molar-refractivity contribution is 7.89. The number of hydrogen-bond donors (Lipinski definition) is 1. The number of rotatable bonds is 4. The third kappa shape index (κ3) is 4.66. The Morgan fingerprint density at radius 2 is 1.89 bits per heavy atom. The van der Waals surface area contributed by atoms with Gasteiger partial charge in [-0.05, 0) is 12.8 Å². The Labute approximate surface area is 159 Å². The quantitative estimate of drug-likeness (QED) is 0.772. The smallest absolute Gasteiger partial charge is 0.321 e. The van der Waals surface area contributed by atoms with Crippen molar-refractivity contribution in [1.82, 2.24) is 19.2 Å². The summed E-state index contributed by atoms with van der Waals surface area (Å²) in [5.41, 5.74) is 0.476. The molecule has 2 aliphatic heterocycles.